The number of sulfonamides is 1. The topological polar surface area (TPSA) is 122 Å². The molecular weight excluding hydrogens is 401 g/mol. The Bertz CT molecular complexity index is 1000. The Hall–Kier alpha value is -2.72. The molecule has 1 amide bonds. The Morgan fingerprint density at radius 3 is 2.78 bits per heavy atom. The molecule has 0 aliphatic carbocycles. The molecule has 27 heavy (non-hydrogen) atoms. The summed E-state index contributed by atoms with van der Waals surface area (Å²) in [7, 11) is -4.13. The van der Waals surface area contributed by atoms with Gasteiger partial charge in [0, 0.05) is 5.69 Å². The van der Waals surface area contributed by atoms with Gasteiger partial charge in [0.25, 0.3) is 10.0 Å². The number of rotatable bonds is 4. The average molecular weight is 416 g/mol. The molecule has 2 aromatic carbocycles. The molecule has 0 bridgehead atoms. The summed E-state index contributed by atoms with van der Waals surface area (Å²) in [5.41, 5.74) is 6.28. The Morgan fingerprint density at radius 1 is 1.37 bits per heavy atom. The Balaban J connectivity index is 2.04. The number of fused-ring (bicyclic) bond motifs is 1. The van der Waals surface area contributed by atoms with Gasteiger partial charge in [-0.3, -0.25) is 4.31 Å². The van der Waals surface area contributed by atoms with Crippen molar-refractivity contribution >= 4 is 39.1 Å². The molecule has 8 nitrogen and oxygen atoms in total. The molecule has 1 aliphatic rings. The summed E-state index contributed by atoms with van der Waals surface area (Å²) in [6, 6.07) is 7.53. The normalized spacial score (nSPS) is 16.4. The fourth-order valence-corrected chi connectivity index (χ4v) is 4.40. The second-order valence-electron chi connectivity index (χ2n) is 5.77. The fraction of sp³-hybridized carbons (Fsp3) is 0.188. The predicted molar refractivity (Wildman–Crippen MR) is 97.2 cm³/mol. The lowest BCUT2D eigenvalue weighted by Crippen LogP contribution is -2.48. The van der Waals surface area contributed by atoms with E-state index in [9.17, 15) is 17.6 Å². The van der Waals surface area contributed by atoms with Gasteiger partial charge in [-0.2, -0.15) is 0 Å². The number of halogens is 2. The number of nitrogens with two attached hydrogens (primary N) is 1. The minimum Gasteiger partial charge on any atom is -0.484 e. The molecule has 1 heterocycles. The second kappa shape index (κ2) is 7.12. The highest BCUT2D eigenvalue weighted by molar-refractivity contribution is 7.92. The van der Waals surface area contributed by atoms with Gasteiger partial charge >= 0.3 is 6.09 Å². The molecule has 0 saturated carbocycles. The summed E-state index contributed by atoms with van der Waals surface area (Å²) in [4.78, 5) is 10.5. The Kier molecular flexibility index (Phi) is 5.03. The molecular formula is C16H15ClFN3O5S. The van der Waals surface area contributed by atoms with E-state index in [0.29, 0.717) is 5.69 Å². The zero-order valence-electron chi connectivity index (χ0n) is 13.7. The lowest BCUT2D eigenvalue weighted by molar-refractivity contribution is 0.171. The number of carboxylic acid groups (broad SMARTS) is 1. The number of nitrogens with zero attached hydrogens (tertiary/aromatic N) is 1. The van der Waals surface area contributed by atoms with E-state index in [1.54, 1.807) is 0 Å². The van der Waals surface area contributed by atoms with Gasteiger partial charge in [0.1, 0.15) is 17.7 Å². The van der Waals surface area contributed by atoms with Crippen LogP contribution < -0.4 is 20.1 Å². The van der Waals surface area contributed by atoms with Gasteiger partial charge in [-0.1, -0.05) is 11.6 Å². The molecule has 0 aromatic heterocycles. The molecule has 4 N–H and O–H groups in total. The van der Waals surface area contributed by atoms with Gasteiger partial charge in [0.15, 0.2) is 0 Å². The maximum absolute atomic E-state index is 13.4. The average Bonchev–Trinajstić information content (AvgIpc) is 2.61. The lowest BCUT2D eigenvalue weighted by Gasteiger charge is -2.35. The van der Waals surface area contributed by atoms with E-state index >= 15 is 0 Å². The molecule has 1 atom stereocenters. The molecule has 1 aliphatic heterocycles. The van der Waals surface area contributed by atoms with Crippen molar-refractivity contribution in [2.75, 3.05) is 23.1 Å². The van der Waals surface area contributed by atoms with Crippen molar-refractivity contribution in [1.82, 2.24) is 5.32 Å². The number of amides is 1. The number of benzene rings is 2. The van der Waals surface area contributed by atoms with Crippen LogP contribution in [0, 0.1) is 5.82 Å². The monoisotopic (exact) mass is 415 g/mol. The molecule has 144 valence electrons. The number of hydrogen-bond acceptors (Lipinski definition) is 5. The maximum Gasteiger partial charge on any atom is 0.404 e. The first-order chi connectivity index (χ1) is 12.7. The van der Waals surface area contributed by atoms with Gasteiger partial charge in [-0.05, 0) is 36.4 Å². The van der Waals surface area contributed by atoms with Gasteiger partial charge < -0.3 is 20.9 Å². The minimum absolute atomic E-state index is 0.130. The van der Waals surface area contributed by atoms with E-state index in [1.165, 1.54) is 18.2 Å². The van der Waals surface area contributed by atoms with E-state index < -0.39 is 28.0 Å². The van der Waals surface area contributed by atoms with Crippen molar-refractivity contribution in [3.8, 4) is 5.75 Å². The highest BCUT2D eigenvalue weighted by Gasteiger charge is 2.35. The maximum atomic E-state index is 13.4. The number of carbonyl (C=O) groups is 1. The van der Waals surface area contributed by atoms with Crippen LogP contribution in [0.5, 0.6) is 5.75 Å². The van der Waals surface area contributed by atoms with Gasteiger partial charge in [-0.25, -0.2) is 17.6 Å². The van der Waals surface area contributed by atoms with E-state index in [0.717, 1.165) is 22.5 Å². The first-order valence-corrected chi connectivity index (χ1v) is 9.51. The molecule has 0 saturated heterocycles. The van der Waals surface area contributed by atoms with Crippen LogP contribution in [-0.2, 0) is 10.0 Å². The first-order valence-electron chi connectivity index (χ1n) is 7.69. The molecule has 0 spiro atoms. The highest BCUT2D eigenvalue weighted by atomic mass is 35.5. The minimum atomic E-state index is -4.13. The van der Waals surface area contributed by atoms with Crippen LogP contribution in [0.15, 0.2) is 41.3 Å². The van der Waals surface area contributed by atoms with Crippen LogP contribution in [0.25, 0.3) is 0 Å². The van der Waals surface area contributed by atoms with Crippen molar-refractivity contribution < 1.29 is 27.4 Å². The van der Waals surface area contributed by atoms with Crippen LogP contribution in [0.2, 0.25) is 5.02 Å². The van der Waals surface area contributed by atoms with Gasteiger partial charge in [0.05, 0.1) is 28.7 Å². The first kappa shape index (κ1) is 19.1. The van der Waals surface area contributed by atoms with E-state index in [1.807, 2.05) is 0 Å². The summed E-state index contributed by atoms with van der Waals surface area (Å²) in [6.45, 7) is -0.302. The van der Waals surface area contributed by atoms with E-state index in [-0.39, 0.29) is 34.4 Å². The standard InChI is InChI=1S/C16H15ClFN3O5S/c17-12-6-11(2-3-13(12)18)27(24,25)21-8-10(7-20-16(22)23)26-15-4-1-9(19)5-14(15)21/h1-6,10,20H,7-8,19H2,(H,22,23). The summed E-state index contributed by atoms with van der Waals surface area (Å²) in [5, 5.41) is 10.6. The quantitative estimate of drug-likeness (QED) is 0.658. The summed E-state index contributed by atoms with van der Waals surface area (Å²) < 4.78 is 46.4. The van der Waals surface area contributed by atoms with Gasteiger partial charge in [-0.15, -0.1) is 0 Å². The largest absolute Gasteiger partial charge is 0.484 e. The molecule has 2 aromatic rings. The smallest absolute Gasteiger partial charge is 0.404 e. The third-order valence-electron chi connectivity index (χ3n) is 3.87. The van der Waals surface area contributed by atoms with Crippen LogP contribution >= 0.6 is 11.6 Å². The summed E-state index contributed by atoms with van der Waals surface area (Å²) in [6.07, 6.45) is -2.04. The second-order valence-corrected chi connectivity index (χ2v) is 8.03. The molecule has 0 fully saturated rings. The van der Waals surface area contributed by atoms with Crippen LogP contribution in [0.4, 0.5) is 20.6 Å². The van der Waals surface area contributed by atoms with Crippen molar-refractivity contribution in [2.24, 2.45) is 0 Å². The zero-order chi connectivity index (χ0) is 19.8. The zero-order valence-corrected chi connectivity index (χ0v) is 15.3. The fourth-order valence-electron chi connectivity index (χ4n) is 2.63. The SMILES string of the molecule is Nc1ccc2c(c1)N(S(=O)(=O)c1ccc(F)c(Cl)c1)CC(CNC(=O)O)O2. The van der Waals surface area contributed by atoms with Crippen molar-refractivity contribution in [1.29, 1.82) is 0 Å². The molecule has 1 unspecified atom stereocenters. The number of anilines is 2. The predicted octanol–water partition coefficient (Wildman–Crippen LogP) is 2.29. The third kappa shape index (κ3) is 3.86. The highest BCUT2D eigenvalue weighted by Crippen LogP contribution is 2.38. The third-order valence-corrected chi connectivity index (χ3v) is 5.94. The molecule has 0 radical (unpaired) electrons. The van der Waals surface area contributed by atoms with Crippen LogP contribution in [0.3, 0.4) is 0 Å². The summed E-state index contributed by atoms with van der Waals surface area (Å²) >= 11 is 5.72. The van der Waals surface area contributed by atoms with Crippen molar-refractivity contribution in [3.63, 3.8) is 0 Å². The van der Waals surface area contributed by atoms with Gasteiger partial charge in [0.2, 0.25) is 0 Å². The molecule has 3 rings (SSSR count). The van der Waals surface area contributed by atoms with E-state index in [4.69, 9.17) is 27.2 Å². The Morgan fingerprint density at radius 2 is 2.11 bits per heavy atom. The summed E-state index contributed by atoms with van der Waals surface area (Å²) in [5.74, 6) is -0.518. The Labute approximate surface area is 159 Å². The van der Waals surface area contributed by atoms with Crippen LogP contribution in [-0.4, -0.2) is 38.8 Å². The number of hydrogen-bond donors (Lipinski definition) is 3. The van der Waals surface area contributed by atoms with Crippen LogP contribution in [0.1, 0.15) is 0 Å². The lowest BCUT2D eigenvalue weighted by atomic mass is 10.2. The van der Waals surface area contributed by atoms with Crippen molar-refractivity contribution in [2.45, 2.75) is 11.0 Å². The number of nitrogen functional groups attached to an aromatic ring is 1. The van der Waals surface area contributed by atoms with E-state index in [2.05, 4.69) is 5.32 Å². The number of nitrogens with one attached hydrogen (secondary N) is 1. The molecule has 11 heteroatoms. The van der Waals surface area contributed by atoms with Crippen molar-refractivity contribution in [3.05, 3.63) is 47.2 Å². The number of ether oxygens (including phenoxy) is 1.